The molecule has 0 aromatic heterocycles. The van der Waals surface area contributed by atoms with Crippen LogP contribution in [-0.4, -0.2) is 50.1 Å². The van der Waals surface area contributed by atoms with E-state index in [2.05, 4.69) is 14.9 Å². The second kappa shape index (κ2) is 9.17. The van der Waals surface area contributed by atoms with Crippen molar-refractivity contribution in [1.82, 2.24) is 4.90 Å². The molecule has 0 bridgehead atoms. The Labute approximate surface area is 174 Å². The van der Waals surface area contributed by atoms with Crippen LogP contribution in [0.25, 0.3) is 0 Å². The van der Waals surface area contributed by atoms with Crippen molar-refractivity contribution in [2.45, 2.75) is 6.54 Å². The predicted octanol–water partition coefficient (Wildman–Crippen LogP) is 3.51. The third kappa shape index (κ3) is 6.13. The van der Waals surface area contributed by atoms with Crippen molar-refractivity contribution in [2.24, 2.45) is 0 Å². The molecule has 1 amide bonds. The molecule has 0 saturated carbocycles. The molecule has 9 heteroatoms. The highest BCUT2D eigenvalue weighted by Crippen LogP contribution is 2.24. The van der Waals surface area contributed by atoms with Gasteiger partial charge in [-0.1, -0.05) is 23.7 Å². The molecule has 1 saturated heterocycles. The van der Waals surface area contributed by atoms with Gasteiger partial charge >= 0.3 is 0 Å². The van der Waals surface area contributed by atoms with Gasteiger partial charge in [0.15, 0.2) is 0 Å². The van der Waals surface area contributed by atoms with Crippen LogP contribution in [0, 0.1) is 0 Å². The lowest BCUT2D eigenvalue weighted by Gasteiger charge is -2.26. The normalized spacial score (nSPS) is 15.2. The molecule has 0 spiro atoms. The number of rotatable bonds is 6. The van der Waals surface area contributed by atoms with Crippen molar-refractivity contribution in [1.29, 1.82) is 0 Å². The molecule has 0 atom stereocenters. The van der Waals surface area contributed by atoms with Crippen LogP contribution in [0.15, 0.2) is 42.5 Å². The average molecular weight is 440 g/mol. The smallest absolute Gasteiger partial charge is 0.255 e. The molecule has 1 aliphatic heterocycles. The number of nitrogens with one attached hydrogen (secondary N) is 2. The van der Waals surface area contributed by atoms with Gasteiger partial charge in [0, 0.05) is 42.4 Å². The number of amides is 1. The van der Waals surface area contributed by atoms with Crippen LogP contribution < -0.4 is 10.0 Å². The standard InChI is InChI=1S/C19H22ClN3O3S2/c1-28(25,26)22-18-12-15(5-6-17(18)20)19(24)21-16-4-2-3-14(11-16)13-23-7-9-27-10-8-23/h2-6,11-12,22H,7-10,13H2,1H3,(H,21,24). The fraction of sp³-hybridized carbons (Fsp3) is 0.316. The van der Waals surface area contributed by atoms with Gasteiger partial charge in [-0.05, 0) is 35.9 Å². The second-order valence-electron chi connectivity index (χ2n) is 6.61. The molecule has 1 aliphatic rings. The number of sulfonamides is 1. The minimum atomic E-state index is -3.49. The van der Waals surface area contributed by atoms with Gasteiger partial charge in [0.2, 0.25) is 10.0 Å². The monoisotopic (exact) mass is 439 g/mol. The maximum absolute atomic E-state index is 12.6. The molecule has 1 heterocycles. The van der Waals surface area contributed by atoms with Gasteiger partial charge in [-0.3, -0.25) is 14.4 Å². The van der Waals surface area contributed by atoms with Crippen LogP contribution in [0.1, 0.15) is 15.9 Å². The first-order valence-corrected chi connectivity index (χ1v) is 12.2. The Morgan fingerprint density at radius 1 is 1.18 bits per heavy atom. The zero-order valence-electron chi connectivity index (χ0n) is 15.4. The summed E-state index contributed by atoms with van der Waals surface area (Å²) in [5.74, 6) is 1.97. The summed E-state index contributed by atoms with van der Waals surface area (Å²) < 4.78 is 25.2. The van der Waals surface area contributed by atoms with Gasteiger partial charge in [-0.25, -0.2) is 8.42 Å². The number of nitrogens with zero attached hydrogens (tertiary/aromatic N) is 1. The zero-order valence-corrected chi connectivity index (χ0v) is 17.8. The van der Waals surface area contributed by atoms with E-state index in [0.717, 1.165) is 43.0 Å². The molecule has 2 N–H and O–H groups in total. The van der Waals surface area contributed by atoms with Crippen LogP contribution >= 0.6 is 23.4 Å². The number of halogens is 1. The Morgan fingerprint density at radius 3 is 2.64 bits per heavy atom. The van der Waals surface area contributed by atoms with Crippen molar-refractivity contribution >= 4 is 50.7 Å². The quantitative estimate of drug-likeness (QED) is 0.720. The summed E-state index contributed by atoms with van der Waals surface area (Å²) in [6.45, 7) is 3.00. The number of hydrogen-bond acceptors (Lipinski definition) is 5. The molecule has 3 rings (SSSR count). The van der Waals surface area contributed by atoms with E-state index in [1.807, 2.05) is 36.0 Å². The maximum Gasteiger partial charge on any atom is 0.255 e. The Bertz CT molecular complexity index is 961. The summed E-state index contributed by atoms with van der Waals surface area (Å²) in [4.78, 5) is 15.0. The lowest BCUT2D eigenvalue weighted by Crippen LogP contribution is -2.31. The summed E-state index contributed by atoms with van der Waals surface area (Å²) in [5.41, 5.74) is 2.32. The Kier molecular flexibility index (Phi) is 6.87. The first kappa shape index (κ1) is 21.0. The van der Waals surface area contributed by atoms with Crippen molar-refractivity contribution in [3.63, 3.8) is 0 Å². The fourth-order valence-corrected chi connectivity index (χ4v) is 4.68. The first-order valence-electron chi connectivity index (χ1n) is 8.78. The van der Waals surface area contributed by atoms with Crippen molar-refractivity contribution < 1.29 is 13.2 Å². The molecule has 0 unspecified atom stereocenters. The topological polar surface area (TPSA) is 78.5 Å². The molecule has 6 nitrogen and oxygen atoms in total. The third-order valence-electron chi connectivity index (χ3n) is 4.22. The van der Waals surface area contributed by atoms with Gasteiger partial charge in [-0.15, -0.1) is 0 Å². The van der Waals surface area contributed by atoms with E-state index in [0.29, 0.717) is 11.3 Å². The molecule has 2 aromatic rings. The molecule has 28 heavy (non-hydrogen) atoms. The van der Waals surface area contributed by atoms with E-state index >= 15 is 0 Å². The molecule has 0 radical (unpaired) electrons. The molecule has 2 aromatic carbocycles. The number of hydrogen-bond donors (Lipinski definition) is 2. The Balaban J connectivity index is 1.70. The molecular weight excluding hydrogens is 418 g/mol. The van der Waals surface area contributed by atoms with Crippen LogP contribution in [0.5, 0.6) is 0 Å². The maximum atomic E-state index is 12.6. The summed E-state index contributed by atoms with van der Waals surface area (Å²) in [6.07, 6.45) is 1.03. The van der Waals surface area contributed by atoms with Crippen LogP contribution in [0.3, 0.4) is 0 Å². The highest BCUT2D eigenvalue weighted by Gasteiger charge is 2.13. The van der Waals surface area contributed by atoms with Gasteiger partial charge in [-0.2, -0.15) is 11.8 Å². The number of benzene rings is 2. The number of carbonyl (C=O) groups is 1. The van der Waals surface area contributed by atoms with Crippen molar-refractivity contribution in [3.05, 3.63) is 58.6 Å². The summed E-state index contributed by atoms with van der Waals surface area (Å²) in [7, 11) is -3.49. The largest absolute Gasteiger partial charge is 0.322 e. The van der Waals surface area contributed by atoms with Gasteiger partial charge in [0.05, 0.1) is 17.0 Å². The van der Waals surface area contributed by atoms with Crippen LogP contribution in [0.4, 0.5) is 11.4 Å². The fourth-order valence-electron chi connectivity index (χ4n) is 2.91. The molecule has 0 aliphatic carbocycles. The van der Waals surface area contributed by atoms with Crippen LogP contribution in [-0.2, 0) is 16.6 Å². The minimum absolute atomic E-state index is 0.175. The van der Waals surface area contributed by atoms with E-state index in [9.17, 15) is 13.2 Å². The van der Waals surface area contributed by atoms with Crippen molar-refractivity contribution in [3.8, 4) is 0 Å². The average Bonchev–Trinajstić information content (AvgIpc) is 2.63. The lowest BCUT2D eigenvalue weighted by molar-refractivity contribution is 0.102. The van der Waals surface area contributed by atoms with Crippen molar-refractivity contribution in [2.75, 3.05) is 40.9 Å². The summed E-state index contributed by atoms with van der Waals surface area (Å²) in [6, 6.07) is 12.2. The number of thioether (sulfide) groups is 1. The predicted molar refractivity (Wildman–Crippen MR) is 117 cm³/mol. The van der Waals surface area contributed by atoms with Crippen LogP contribution in [0.2, 0.25) is 5.02 Å². The highest BCUT2D eigenvalue weighted by atomic mass is 35.5. The van der Waals surface area contributed by atoms with Gasteiger partial charge < -0.3 is 5.32 Å². The van der Waals surface area contributed by atoms with E-state index in [1.54, 1.807) is 6.07 Å². The zero-order chi connectivity index (χ0) is 20.1. The van der Waals surface area contributed by atoms with E-state index in [4.69, 9.17) is 11.6 Å². The SMILES string of the molecule is CS(=O)(=O)Nc1cc(C(=O)Nc2cccc(CN3CCSCC3)c2)ccc1Cl. The lowest BCUT2D eigenvalue weighted by atomic mass is 10.1. The molecule has 1 fully saturated rings. The highest BCUT2D eigenvalue weighted by molar-refractivity contribution is 7.99. The first-order chi connectivity index (χ1) is 13.3. The van der Waals surface area contributed by atoms with E-state index in [-0.39, 0.29) is 16.6 Å². The van der Waals surface area contributed by atoms with Gasteiger partial charge in [0.1, 0.15) is 0 Å². The van der Waals surface area contributed by atoms with Gasteiger partial charge in [0.25, 0.3) is 5.91 Å². The Hall–Kier alpha value is -1.74. The number of carbonyl (C=O) groups excluding carboxylic acids is 1. The summed E-state index contributed by atoms with van der Waals surface area (Å²) in [5, 5.41) is 3.09. The second-order valence-corrected chi connectivity index (χ2v) is 9.99. The third-order valence-corrected chi connectivity index (χ3v) is 6.08. The molecular formula is C19H22ClN3O3S2. The minimum Gasteiger partial charge on any atom is -0.322 e. The van der Waals surface area contributed by atoms with E-state index in [1.165, 1.54) is 12.1 Å². The Morgan fingerprint density at radius 2 is 1.93 bits per heavy atom. The summed E-state index contributed by atoms with van der Waals surface area (Å²) >= 11 is 7.99. The molecule has 150 valence electrons. The number of anilines is 2. The van der Waals surface area contributed by atoms with E-state index < -0.39 is 10.0 Å².